The van der Waals surface area contributed by atoms with Gasteiger partial charge in [-0.3, -0.25) is 18.5 Å². The van der Waals surface area contributed by atoms with Crippen LogP contribution in [0.3, 0.4) is 0 Å². The third kappa shape index (κ3) is 5.96. The summed E-state index contributed by atoms with van der Waals surface area (Å²) >= 11 is 0. The number of carbonyl (C=O) groups excluding carboxylic acids is 1. The van der Waals surface area contributed by atoms with Gasteiger partial charge in [0.15, 0.2) is 0 Å². The van der Waals surface area contributed by atoms with Gasteiger partial charge in [0.1, 0.15) is 21.2 Å². The summed E-state index contributed by atoms with van der Waals surface area (Å²) in [5.74, 6) is -0.483. The number of hydrogen-bond acceptors (Lipinski definition) is 10. The van der Waals surface area contributed by atoms with Gasteiger partial charge in [-0.05, 0) is 47.9 Å². The SMILES string of the molecule is CC(=O)Nc1cc(N)ccc1N=Nc1cc2c(S(=O)(=O)O)cc(S(=O)(=O)O)cc2cc1S(=O)(=O)O. The Morgan fingerprint density at radius 2 is 1.40 bits per heavy atom. The first-order valence-corrected chi connectivity index (χ1v) is 13.4. The summed E-state index contributed by atoms with van der Waals surface area (Å²) in [5.41, 5.74) is 5.44. The van der Waals surface area contributed by atoms with Gasteiger partial charge in [-0.1, -0.05) is 0 Å². The van der Waals surface area contributed by atoms with Gasteiger partial charge in [0, 0.05) is 18.0 Å². The summed E-state index contributed by atoms with van der Waals surface area (Å²) in [6, 6.07) is 6.75. The van der Waals surface area contributed by atoms with Crippen LogP contribution >= 0.6 is 0 Å². The summed E-state index contributed by atoms with van der Waals surface area (Å²) in [6.07, 6.45) is 0. The normalized spacial score (nSPS) is 12.8. The van der Waals surface area contributed by atoms with Gasteiger partial charge in [0.2, 0.25) is 5.91 Å². The molecule has 0 heterocycles. The van der Waals surface area contributed by atoms with Crippen LogP contribution in [0.4, 0.5) is 22.7 Å². The Morgan fingerprint density at radius 3 is 1.94 bits per heavy atom. The van der Waals surface area contributed by atoms with Crippen LogP contribution in [0.25, 0.3) is 10.8 Å². The van der Waals surface area contributed by atoms with E-state index in [1.807, 2.05) is 0 Å². The molecular formula is C18H16N4O10S3. The number of amides is 1. The Bertz CT molecular complexity index is 1730. The van der Waals surface area contributed by atoms with E-state index >= 15 is 0 Å². The molecule has 0 aliphatic heterocycles. The lowest BCUT2D eigenvalue weighted by Gasteiger charge is -2.10. The van der Waals surface area contributed by atoms with Crippen LogP contribution in [0.15, 0.2) is 67.4 Å². The number of fused-ring (bicyclic) bond motifs is 1. The minimum absolute atomic E-state index is 0.00695. The third-order valence-corrected chi connectivity index (χ3v) is 7.03. The van der Waals surface area contributed by atoms with Gasteiger partial charge in [-0.2, -0.15) is 25.3 Å². The second kappa shape index (κ2) is 8.95. The Balaban J connectivity index is 2.35. The van der Waals surface area contributed by atoms with Crippen molar-refractivity contribution in [2.24, 2.45) is 10.2 Å². The highest BCUT2D eigenvalue weighted by Gasteiger charge is 2.24. The predicted molar refractivity (Wildman–Crippen MR) is 123 cm³/mol. The first-order chi connectivity index (χ1) is 16.0. The first-order valence-electron chi connectivity index (χ1n) is 9.10. The van der Waals surface area contributed by atoms with E-state index in [0.717, 1.165) is 12.1 Å². The summed E-state index contributed by atoms with van der Waals surface area (Å²) in [7, 11) is -15.1. The average molecular weight is 545 g/mol. The number of carbonyl (C=O) groups is 1. The molecule has 0 saturated carbocycles. The van der Waals surface area contributed by atoms with Gasteiger partial charge in [-0.15, -0.1) is 10.2 Å². The lowest BCUT2D eigenvalue weighted by atomic mass is 10.1. The molecule has 35 heavy (non-hydrogen) atoms. The molecule has 17 heteroatoms. The molecule has 0 aliphatic carbocycles. The number of nitrogens with one attached hydrogen (secondary N) is 1. The van der Waals surface area contributed by atoms with Crippen LogP contribution < -0.4 is 11.1 Å². The fourth-order valence-electron chi connectivity index (χ4n) is 3.00. The molecule has 1 amide bonds. The number of nitrogens with zero attached hydrogens (tertiary/aromatic N) is 2. The molecule has 3 aromatic carbocycles. The maximum absolute atomic E-state index is 12.0. The van der Waals surface area contributed by atoms with Crippen molar-refractivity contribution in [1.29, 1.82) is 0 Å². The molecule has 0 bridgehead atoms. The maximum atomic E-state index is 12.0. The molecule has 186 valence electrons. The molecule has 0 aliphatic rings. The van der Waals surface area contributed by atoms with E-state index in [1.54, 1.807) is 0 Å². The molecule has 3 rings (SSSR count). The highest BCUT2D eigenvalue weighted by Crippen LogP contribution is 2.37. The fourth-order valence-corrected chi connectivity index (χ4v) is 4.99. The second-order valence-electron chi connectivity index (χ2n) is 7.05. The van der Waals surface area contributed by atoms with Crippen LogP contribution in [-0.2, 0) is 35.1 Å². The lowest BCUT2D eigenvalue weighted by molar-refractivity contribution is -0.114. The van der Waals surface area contributed by atoms with Crippen molar-refractivity contribution < 1.29 is 43.7 Å². The zero-order chi connectivity index (χ0) is 26.3. The van der Waals surface area contributed by atoms with Crippen LogP contribution in [0, 0.1) is 0 Å². The zero-order valence-corrected chi connectivity index (χ0v) is 19.9. The Labute approximate surface area is 198 Å². The van der Waals surface area contributed by atoms with E-state index in [-0.39, 0.29) is 17.1 Å². The van der Waals surface area contributed by atoms with E-state index in [9.17, 15) is 43.7 Å². The van der Waals surface area contributed by atoms with E-state index in [4.69, 9.17) is 5.73 Å². The van der Waals surface area contributed by atoms with E-state index < -0.39 is 67.4 Å². The molecule has 0 unspecified atom stereocenters. The third-order valence-electron chi connectivity index (χ3n) is 4.42. The largest absolute Gasteiger partial charge is 0.399 e. The number of nitrogens with two attached hydrogens (primary N) is 1. The summed E-state index contributed by atoms with van der Waals surface area (Å²) in [4.78, 5) is 8.58. The Morgan fingerprint density at radius 1 is 0.800 bits per heavy atom. The highest BCUT2D eigenvalue weighted by molar-refractivity contribution is 7.87. The molecule has 3 aromatic rings. The van der Waals surface area contributed by atoms with Crippen molar-refractivity contribution in [2.75, 3.05) is 11.1 Å². The molecular weight excluding hydrogens is 528 g/mol. The fraction of sp³-hybridized carbons (Fsp3) is 0.0556. The Kier molecular flexibility index (Phi) is 6.68. The molecule has 6 N–H and O–H groups in total. The first kappa shape index (κ1) is 26.1. The molecule has 0 saturated heterocycles. The summed E-state index contributed by atoms with van der Waals surface area (Å²) < 4.78 is 99.3. The number of hydrogen-bond donors (Lipinski definition) is 5. The average Bonchev–Trinajstić information content (AvgIpc) is 2.69. The van der Waals surface area contributed by atoms with Crippen LogP contribution in [0.1, 0.15) is 6.92 Å². The monoisotopic (exact) mass is 544 g/mol. The zero-order valence-electron chi connectivity index (χ0n) is 17.4. The van der Waals surface area contributed by atoms with Gasteiger partial charge in [0.05, 0.1) is 10.6 Å². The second-order valence-corrected chi connectivity index (χ2v) is 11.2. The van der Waals surface area contributed by atoms with Crippen molar-refractivity contribution in [3.63, 3.8) is 0 Å². The highest BCUT2D eigenvalue weighted by atomic mass is 32.2. The summed E-state index contributed by atoms with van der Waals surface area (Å²) in [6.45, 7) is 1.21. The molecule has 14 nitrogen and oxygen atoms in total. The van der Waals surface area contributed by atoms with Crippen molar-refractivity contribution in [3.05, 3.63) is 42.5 Å². The topological polar surface area (TPSA) is 243 Å². The van der Waals surface area contributed by atoms with Crippen molar-refractivity contribution in [2.45, 2.75) is 21.6 Å². The van der Waals surface area contributed by atoms with E-state index in [0.29, 0.717) is 12.1 Å². The van der Waals surface area contributed by atoms with E-state index in [1.165, 1.54) is 25.1 Å². The van der Waals surface area contributed by atoms with Crippen LogP contribution in [0.2, 0.25) is 0 Å². The number of anilines is 2. The number of rotatable bonds is 6. The van der Waals surface area contributed by atoms with E-state index in [2.05, 4.69) is 15.5 Å². The maximum Gasteiger partial charge on any atom is 0.296 e. The smallest absolute Gasteiger partial charge is 0.296 e. The number of azo groups is 1. The van der Waals surface area contributed by atoms with Crippen LogP contribution in [-0.4, -0.2) is 44.8 Å². The molecule has 0 atom stereocenters. The lowest BCUT2D eigenvalue weighted by Crippen LogP contribution is -2.06. The predicted octanol–water partition coefficient (Wildman–Crippen LogP) is 2.54. The van der Waals surface area contributed by atoms with Gasteiger partial charge in [0.25, 0.3) is 30.4 Å². The molecule has 0 spiro atoms. The van der Waals surface area contributed by atoms with Crippen molar-refractivity contribution >= 4 is 69.8 Å². The molecule has 0 fully saturated rings. The van der Waals surface area contributed by atoms with Gasteiger partial charge >= 0.3 is 0 Å². The standard InChI is InChI=1S/C18H16N4O10S3/c1-9(23)20-15-6-11(19)2-3-14(15)21-22-16-8-13-10(5-18(16)35(30,31)32)4-12(33(24,25)26)7-17(13)34(27,28)29/h2-8H,19H2,1H3,(H,20,23)(H,24,25,26)(H,27,28,29)(H,30,31,32). The molecule has 0 radical (unpaired) electrons. The van der Waals surface area contributed by atoms with Gasteiger partial charge < -0.3 is 11.1 Å². The van der Waals surface area contributed by atoms with Gasteiger partial charge in [-0.25, -0.2) is 0 Å². The van der Waals surface area contributed by atoms with Crippen LogP contribution in [0.5, 0.6) is 0 Å². The molecule has 0 aromatic heterocycles. The number of nitrogen functional groups attached to an aromatic ring is 1. The minimum atomic E-state index is -5.09. The summed E-state index contributed by atoms with van der Waals surface area (Å²) in [5, 5.41) is 9.21. The Hall–Kier alpha value is -3.48. The quantitative estimate of drug-likeness (QED) is 0.171. The number of benzene rings is 3. The minimum Gasteiger partial charge on any atom is -0.399 e. The van der Waals surface area contributed by atoms with Crippen molar-refractivity contribution in [1.82, 2.24) is 0 Å². The van der Waals surface area contributed by atoms with Crippen molar-refractivity contribution in [3.8, 4) is 0 Å².